The number of rotatable bonds is 31. The third-order valence-electron chi connectivity index (χ3n) is 9.67. The molecule has 0 saturated carbocycles. The Morgan fingerprint density at radius 3 is 1.14 bits per heavy atom. The number of benzene rings is 2. The lowest BCUT2D eigenvalue weighted by atomic mass is 10.0. The van der Waals surface area contributed by atoms with E-state index in [2.05, 4.69) is 37.8 Å². The molecule has 0 amide bonds. The molecule has 2 aromatic carbocycles. The van der Waals surface area contributed by atoms with E-state index < -0.39 is 0 Å². The first-order chi connectivity index (χ1) is 24.3. The molecule has 0 bridgehead atoms. The van der Waals surface area contributed by atoms with Crippen LogP contribution in [0.15, 0.2) is 70.6 Å². The highest BCUT2D eigenvalue weighted by Crippen LogP contribution is 2.18. The van der Waals surface area contributed by atoms with Gasteiger partial charge in [0.25, 0.3) is 0 Å². The third-order valence-corrected chi connectivity index (χ3v) is 9.67. The fraction of sp³-hybridized carbons (Fsp3) is 0.660. The maximum Gasteiger partial charge on any atom is 0.135 e. The molecule has 0 spiro atoms. The summed E-state index contributed by atoms with van der Waals surface area (Å²) < 4.78 is 0. The molecule has 0 aliphatic rings. The zero-order valence-corrected chi connectivity index (χ0v) is 32.2. The minimum absolute atomic E-state index is 0.822. The molecule has 0 N–H and O–H groups in total. The second-order valence-corrected chi connectivity index (χ2v) is 14.3. The first-order valence-corrected chi connectivity index (χ1v) is 21.1. The van der Waals surface area contributed by atoms with Crippen molar-refractivity contribution < 1.29 is 0 Å². The summed E-state index contributed by atoms with van der Waals surface area (Å²) in [6, 6.07) is 20.4. The molecule has 2 heteroatoms. The van der Waals surface area contributed by atoms with Gasteiger partial charge >= 0.3 is 0 Å². The van der Waals surface area contributed by atoms with E-state index in [1.54, 1.807) is 0 Å². The van der Waals surface area contributed by atoms with Gasteiger partial charge in [0.15, 0.2) is 0 Å². The molecule has 0 aliphatic carbocycles. The summed E-state index contributed by atoms with van der Waals surface area (Å²) in [6.07, 6.45) is 39.7. The third kappa shape index (κ3) is 25.0. The molecule has 0 saturated heterocycles. The smallest absolute Gasteiger partial charge is 0.135 e. The lowest BCUT2D eigenvalue weighted by Gasteiger charge is -2.06. The summed E-state index contributed by atoms with van der Waals surface area (Å²) in [7, 11) is 0. The molecular weight excluding hydrogens is 593 g/mol. The molecule has 2 rings (SSSR count). The fourth-order valence-corrected chi connectivity index (χ4v) is 6.52. The van der Waals surface area contributed by atoms with Crippen LogP contribution < -0.4 is 0 Å². The minimum atomic E-state index is 0.822. The van der Waals surface area contributed by atoms with Crippen LogP contribution in [0.3, 0.4) is 0 Å². The molecule has 0 fully saturated rings. The van der Waals surface area contributed by atoms with Crippen molar-refractivity contribution in [2.45, 2.75) is 200 Å². The molecule has 0 atom stereocenters. The molecule has 0 heterocycles. The van der Waals surface area contributed by atoms with Gasteiger partial charge in [-0.15, -0.1) is 0 Å². The number of unbranched alkanes of at least 4 members (excludes halogenated alkanes) is 26. The second-order valence-electron chi connectivity index (χ2n) is 14.3. The van der Waals surface area contributed by atoms with Crippen LogP contribution in [0.25, 0.3) is 0 Å². The van der Waals surface area contributed by atoms with Crippen LogP contribution in [-0.4, -0.2) is 11.4 Å². The highest BCUT2D eigenvalue weighted by Gasteiger charge is 2.08. The van der Waals surface area contributed by atoms with E-state index in [1.165, 1.54) is 161 Å². The van der Waals surface area contributed by atoms with E-state index in [-0.39, 0.29) is 0 Å². The normalized spacial score (nSPS) is 11.9. The Morgan fingerprint density at radius 1 is 0.408 bits per heavy atom. The van der Waals surface area contributed by atoms with Gasteiger partial charge in [-0.05, 0) is 49.4 Å². The van der Waals surface area contributed by atoms with Crippen LogP contribution in [0.1, 0.15) is 200 Å². The number of para-hydroxylation sites is 2. The van der Waals surface area contributed by atoms with E-state index in [0.29, 0.717) is 0 Å². The maximum absolute atomic E-state index is 4.99. The molecule has 0 radical (unpaired) electrons. The fourth-order valence-electron chi connectivity index (χ4n) is 6.52. The van der Waals surface area contributed by atoms with Crippen molar-refractivity contribution >= 4 is 22.8 Å². The van der Waals surface area contributed by atoms with Crippen molar-refractivity contribution in [3.8, 4) is 11.8 Å². The minimum Gasteiger partial charge on any atom is -0.251 e. The molecule has 2 nitrogen and oxygen atoms in total. The molecule has 272 valence electrons. The molecule has 49 heavy (non-hydrogen) atoms. The molecule has 2 aromatic rings. The SMILES string of the molecule is CCCCCCCCCCCCCCCCCCCCCCCCCCCC#CC(=Nc1ccccc1)C(CCCC)=Nc1ccccc1. The van der Waals surface area contributed by atoms with Gasteiger partial charge in [0.2, 0.25) is 0 Å². The lowest BCUT2D eigenvalue weighted by molar-refractivity contribution is 0.516. The van der Waals surface area contributed by atoms with Crippen molar-refractivity contribution in [1.82, 2.24) is 0 Å². The predicted octanol–water partition coefficient (Wildman–Crippen LogP) is 15.9. The zero-order valence-electron chi connectivity index (χ0n) is 32.2. The van der Waals surface area contributed by atoms with Crippen LogP contribution in [0.4, 0.5) is 11.4 Å². The monoisotopic (exact) mass is 667 g/mol. The van der Waals surface area contributed by atoms with E-state index in [4.69, 9.17) is 9.98 Å². The molecule has 0 aliphatic heterocycles. The summed E-state index contributed by atoms with van der Waals surface area (Å²) in [5.74, 6) is 6.89. The Labute approximate surface area is 304 Å². The van der Waals surface area contributed by atoms with Gasteiger partial charge in [-0.25, -0.2) is 4.99 Å². The van der Waals surface area contributed by atoms with Crippen LogP contribution >= 0.6 is 0 Å². The van der Waals surface area contributed by atoms with Gasteiger partial charge in [0.05, 0.1) is 17.1 Å². The van der Waals surface area contributed by atoms with Crippen molar-refractivity contribution in [3.05, 3.63) is 60.7 Å². The Morgan fingerprint density at radius 2 is 0.755 bits per heavy atom. The quantitative estimate of drug-likeness (QED) is 0.0435. The topological polar surface area (TPSA) is 24.7 Å². The highest BCUT2D eigenvalue weighted by atomic mass is 14.8. The first kappa shape index (κ1) is 42.5. The van der Waals surface area contributed by atoms with Gasteiger partial charge in [-0.2, -0.15) is 0 Å². The highest BCUT2D eigenvalue weighted by molar-refractivity contribution is 6.49. The zero-order chi connectivity index (χ0) is 34.7. The summed E-state index contributed by atoms with van der Waals surface area (Å²) >= 11 is 0. The van der Waals surface area contributed by atoms with Crippen molar-refractivity contribution in [2.24, 2.45) is 9.98 Å². The van der Waals surface area contributed by atoms with Crippen LogP contribution in [0.2, 0.25) is 0 Å². The van der Waals surface area contributed by atoms with E-state index in [1.807, 2.05) is 48.5 Å². The van der Waals surface area contributed by atoms with E-state index >= 15 is 0 Å². The van der Waals surface area contributed by atoms with E-state index in [0.717, 1.165) is 48.5 Å². The van der Waals surface area contributed by atoms with Gasteiger partial charge in [-0.3, -0.25) is 4.99 Å². The Bertz CT molecular complexity index is 1120. The molecule has 0 aromatic heterocycles. The molecule has 0 unspecified atom stereocenters. The number of nitrogens with zero attached hydrogens (tertiary/aromatic N) is 2. The average Bonchev–Trinajstić information content (AvgIpc) is 3.13. The number of hydrogen-bond acceptors (Lipinski definition) is 2. The summed E-state index contributed by atoms with van der Waals surface area (Å²) in [4.78, 5) is 9.95. The summed E-state index contributed by atoms with van der Waals surface area (Å²) in [5.41, 5.74) is 3.73. The van der Waals surface area contributed by atoms with Crippen LogP contribution in [0.5, 0.6) is 0 Å². The maximum atomic E-state index is 4.99. The Kier molecular flexibility index (Phi) is 28.2. The second kappa shape index (κ2) is 32.5. The van der Waals surface area contributed by atoms with E-state index in [9.17, 15) is 0 Å². The van der Waals surface area contributed by atoms with Crippen molar-refractivity contribution in [1.29, 1.82) is 0 Å². The van der Waals surface area contributed by atoms with Crippen molar-refractivity contribution in [3.63, 3.8) is 0 Å². The van der Waals surface area contributed by atoms with Gasteiger partial charge in [0, 0.05) is 6.42 Å². The Balaban J connectivity index is 1.48. The van der Waals surface area contributed by atoms with Gasteiger partial charge in [-0.1, -0.05) is 217 Å². The predicted molar refractivity (Wildman–Crippen MR) is 220 cm³/mol. The molecular formula is C47H74N2. The van der Waals surface area contributed by atoms with Crippen molar-refractivity contribution in [2.75, 3.05) is 0 Å². The lowest BCUT2D eigenvalue weighted by Crippen LogP contribution is -2.12. The first-order valence-electron chi connectivity index (χ1n) is 21.1. The largest absolute Gasteiger partial charge is 0.251 e. The Hall–Kier alpha value is -2.66. The standard InChI is InChI=1S/C47H74N2/c1-3-5-7-8-9-10-11-12-13-14-15-16-17-18-19-20-21-22-23-24-25-26-27-28-29-30-37-43-47(49-45-40-35-32-36-41-45)46(42-6-4-2)48-44-38-33-31-34-39-44/h31-36,38-41H,3-30,42H2,1-2H3. The summed E-state index contributed by atoms with van der Waals surface area (Å²) in [6.45, 7) is 4.53. The number of hydrogen-bond donors (Lipinski definition) is 0. The van der Waals surface area contributed by atoms with Gasteiger partial charge in [0.1, 0.15) is 5.71 Å². The number of aliphatic imine (C=N–C) groups is 2. The van der Waals surface area contributed by atoms with Crippen LogP contribution in [0, 0.1) is 11.8 Å². The van der Waals surface area contributed by atoms with Crippen LogP contribution in [-0.2, 0) is 0 Å². The average molecular weight is 667 g/mol. The van der Waals surface area contributed by atoms with Gasteiger partial charge < -0.3 is 0 Å². The summed E-state index contributed by atoms with van der Waals surface area (Å²) in [5, 5.41) is 0.